The first kappa shape index (κ1) is 28.0. The Hall–Kier alpha value is -3.04. The Balaban J connectivity index is 0.000000494. The van der Waals surface area contributed by atoms with Crippen LogP contribution in [0.15, 0.2) is 54.6 Å². The Morgan fingerprint density at radius 2 is 1.63 bits per heavy atom. The smallest absolute Gasteiger partial charge is 0.335 e. The van der Waals surface area contributed by atoms with Gasteiger partial charge in [-0.25, -0.2) is 4.79 Å². The van der Waals surface area contributed by atoms with Crippen LogP contribution in [0.3, 0.4) is 0 Å². The van der Waals surface area contributed by atoms with Crippen molar-refractivity contribution in [2.24, 2.45) is 5.92 Å². The summed E-state index contributed by atoms with van der Waals surface area (Å²) in [4.78, 5) is 14.0. The van der Waals surface area contributed by atoms with E-state index >= 15 is 0 Å². The number of nitrogens with zero attached hydrogens (tertiary/aromatic N) is 1. The molecule has 0 radical (unpaired) electrons. The van der Waals surface area contributed by atoms with Gasteiger partial charge in [-0.3, -0.25) is 0 Å². The van der Waals surface area contributed by atoms with Crippen LogP contribution < -0.4 is 14.7 Å². The molecule has 202 valence electrons. The van der Waals surface area contributed by atoms with Crippen LogP contribution in [0, 0.1) is 19.8 Å². The molecule has 0 spiro atoms. The molecule has 38 heavy (non-hydrogen) atoms. The number of hydrogen-bond donors (Lipinski definition) is 2. The molecule has 5 rings (SSSR count). The Labute approximate surface area is 229 Å². The lowest BCUT2D eigenvalue weighted by Gasteiger charge is -2.33. The van der Waals surface area contributed by atoms with E-state index in [0.717, 1.165) is 45.8 Å². The zero-order valence-corrected chi connectivity index (χ0v) is 24.1. The molecule has 5 nitrogen and oxygen atoms in total. The second-order valence-corrected chi connectivity index (χ2v) is 11.7. The molecule has 2 N–H and O–H groups in total. The number of fused-ring (bicyclic) bond motifs is 1. The number of aryl methyl sites for hydroxylation is 2. The fraction of sp³-hybridized carbons (Fsp3) is 0.406. The maximum Gasteiger partial charge on any atom is 0.335 e. The van der Waals surface area contributed by atoms with E-state index in [9.17, 15) is 9.90 Å². The number of nitrogens with one attached hydrogen (secondary N) is 1. The number of carboxylic acid groups (broad SMARTS) is 1. The van der Waals surface area contributed by atoms with Crippen molar-refractivity contribution in [1.82, 2.24) is 0 Å². The number of ether oxygens (including phenoxy) is 1. The van der Waals surface area contributed by atoms with E-state index in [-0.39, 0.29) is 0 Å². The van der Waals surface area contributed by atoms with E-state index in [0.29, 0.717) is 26.8 Å². The predicted molar refractivity (Wildman–Crippen MR) is 162 cm³/mol. The lowest BCUT2D eigenvalue weighted by atomic mass is 9.98. The number of carbonyl (C=O) groups is 1. The van der Waals surface area contributed by atoms with Crippen molar-refractivity contribution in [3.05, 3.63) is 71.3 Å². The third-order valence-electron chi connectivity index (χ3n) is 7.05. The maximum atomic E-state index is 11.7. The van der Waals surface area contributed by atoms with Crippen molar-refractivity contribution in [3.8, 4) is 16.9 Å². The van der Waals surface area contributed by atoms with Crippen LogP contribution >= 0.6 is 8.73 Å². The predicted octanol–water partition coefficient (Wildman–Crippen LogP) is 9.16. The molecule has 0 aromatic heterocycles. The number of rotatable bonds is 6. The molecule has 0 amide bonds. The third-order valence-corrected chi connectivity index (χ3v) is 7.97. The van der Waals surface area contributed by atoms with Crippen LogP contribution in [0.2, 0.25) is 0 Å². The van der Waals surface area contributed by atoms with Crippen molar-refractivity contribution in [1.29, 1.82) is 0 Å². The largest absolute Gasteiger partial charge is 0.493 e. The molecule has 3 aromatic carbocycles. The lowest BCUT2D eigenvalue weighted by molar-refractivity contribution is 0.0696. The molecule has 1 heterocycles. The Bertz CT molecular complexity index is 1220. The molecule has 1 saturated carbocycles. The monoisotopic (exact) mass is 532 g/mol. The summed E-state index contributed by atoms with van der Waals surface area (Å²) in [5.41, 5.74) is 7.27. The minimum absolute atomic E-state index is 0.311. The van der Waals surface area contributed by atoms with Crippen molar-refractivity contribution < 1.29 is 14.6 Å². The SMILES string of the molecule is C1CCCCC1.Cc1ccc(N2CPNc3cc(-c4ccc(C)c(C(=O)O)c4)c(OCC(C)C)cc32)cc1. The average molecular weight is 533 g/mol. The number of hydrogen-bond acceptors (Lipinski definition) is 4. The summed E-state index contributed by atoms with van der Waals surface area (Å²) in [6, 6.07) is 18.3. The van der Waals surface area contributed by atoms with Gasteiger partial charge in [-0.2, -0.15) is 0 Å². The summed E-state index contributed by atoms with van der Waals surface area (Å²) in [6.07, 6.45) is 9.88. The number of benzene rings is 3. The van der Waals surface area contributed by atoms with E-state index in [1.165, 1.54) is 44.1 Å². The van der Waals surface area contributed by atoms with Gasteiger partial charge in [-0.15, -0.1) is 0 Å². The standard InChI is InChI=1S/C26H29N2O3P.C6H12/c1-16(2)14-31-25-13-24-23(27-32-15-28(24)20-9-5-17(3)6-10-20)12-22(25)19-8-7-18(4)21(11-19)26(29)30;1-2-4-6-5-3-1/h5-13,16,27,32H,14-15H2,1-4H3,(H,29,30);1-6H2. The normalized spacial score (nSPS) is 15.3. The fourth-order valence-electron chi connectivity index (χ4n) is 4.83. The first-order valence-electron chi connectivity index (χ1n) is 13.8. The summed E-state index contributed by atoms with van der Waals surface area (Å²) >= 11 is 0. The van der Waals surface area contributed by atoms with Gasteiger partial charge in [0.05, 0.1) is 29.8 Å². The number of carboxylic acids is 1. The van der Waals surface area contributed by atoms with Crippen molar-refractivity contribution >= 4 is 31.8 Å². The highest BCUT2D eigenvalue weighted by atomic mass is 31.1. The van der Waals surface area contributed by atoms with Crippen molar-refractivity contribution in [3.63, 3.8) is 0 Å². The molecular formula is C32H41N2O3P. The molecule has 1 unspecified atom stereocenters. The van der Waals surface area contributed by atoms with Crippen LogP contribution in [0.4, 0.5) is 17.1 Å². The van der Waals surface area contributed by atoms with Crippen LogP contribution in [0.25, 0.3) is 11.1 Å². The average Bonchev–Trinajstić information content (AvgIpc) is 2.93. The van der Waals surface area contributed by atoms with Gasteiger partial charge < -0.3 is 19.8 Å². The maximum absolute atomic E-state index is 11.7. The summed E-state index contributed by atoms with van der Waals surface area (Å²) in [6.45, 7) is 8.73. The Morgan fingerprint density at radius 3 is 2.24 bits per heavy atom. The molecule has 1 aliphatic heterocycles. The quantitative estimate of drug-likeness (QED) is 0.310. The van der Waals surface area contributed by atoms with Gasteiger partial charge in [0.15, 0.2) is 0 Å². The third kappa shape index (κ3) is 7.08. The minimum atomic E-state index is -0.919. The van der Waals surface area contributed by atoms with Gasteiger partial charge in [0.2, 0.25) is 0 Å². The van der Waals surface area contributed by atoms with Gasteiger partial charge >= 0.3 is 5.97 Å². The second-order valence-electron chi connectivity index (χ2n) is 10.8. The fourth-order valence-corrected chi connectivity index (χ4v) is 5.81. The minimum Gasteiger partial charge on any atom is -0.493 e. The van der Waals surface area contributed by atoms with Gasteiger partial charge in [-0.05, 0) is 63.9 Å². The highest BCUT2D eigenvalue weighted by Gasteiger charge is 2.23. The second kappa shape index (κ2) is 13.2. The van der Waals surface area contributed by atoms with Gasteiger partial charge in [-0.1, -0.05) is 82.2 Å². The van der Waals surface area contributed by atoms with Crippen LogP contribution in [-0.4, -0.2) is 24.0 Å². The summed E-state index contributed by atoms with van der Waals surface area (Å²) < 4.78 is 6.25. The first-order chi connectivity index (χ1) is 18.3. The lowest BCUT2D eigenvalue weighted by Crippen LogP contribution is -2.21. The molecule has 2 aliphatic rings. The van der Waals surface area contributed by atoms with Crippen molar-refractivity contribution in [2.45, 2.75) is 66.2 Å². The molecule has 3 aromatic rings. The first-order valence-corrected chi connectivity index (χ1v) is 15.0. The molecule has 0 bridgehead atoms. The van der Waals surface area contributed by atoms with Crippen molar-refractivity contribution in [2.75, 3.05) is 22.9 Å². The van der Waals surface area contributed by atoms with Gasteiger partial charge in [0, 0.05) is 17.3 Å². The Kier molecular flexibility index (Phi) is 9.69. The number of aromatic carboxylic acids is 1. The van der Waals surface area contributed by atoms with Crippen LogP contribution in [0.1, 0.15) is 73.9 Å². The van der Waals surface area contributed by atoms with E-state index in [1.54, 1.807) is 6.07 Å². The van der Waals surface area contributed by atoms with Gasteiger partial charge in [0.1, 0.15) is 5.75 Å². The summed E-state index contributed by atoms with van der Waals surface area (Å²) in [7, 11) is 0.552. The zero-order valence-electron chi connectivity index (χ0n) is 23.1. The summed E-state index contributed by atoms with van der Waals surface area (Å²) in [5.74, 6) is 0.221. The highest BCUT2D eigenvalue weighted by Crippen LogP contribution is 2.47. The molecule has 6 heteroatoms. The van der Waals surface area contributed by atoms with Crippen LogP contribution in [0.5, 0.6) is 5.75 Å². The van der Waals surface area contributed by atoms with E-state index < -0.39 is 5.97 Å². The molecule has 1 atom stereocenters. The van der Waals surface area contributed by atoms with E-state index in [2.05, 4.69) is 67.2 Å². The molecule has 1 fully saturated rings. The Morgan fingerprint density at radius 1 is 0.974 bits per heavy atom. The zero-order chi connectivity index (χ0) is 27.1. The highest BCUT2D eigenvalue weighted by molar-refractivity contribution is 7.40. The summed E-state index contributed by atoms with van der Waals surface area (Å²) in [5, 5.41) is 13.1. The van der Waals surface area contributed by atoms with E-state index in [4.69, 9.17) is 4.74 Å². The topological polar surface area (TPSA) is 61.8 Å². The molecule has 0 saturated heterocycles. The van der Waals surface area contributed by atoms with Gasteiger partial charge in [0.25, 0.3) is 0 Å². The molecule has 1 aliphatic carbocycles. The van der Waals surface area contributed by atoms with E-state index in [1.807, 2.05) is 19.1 Å². The van der Waals surface area contributed by atoms with Crippen LogP contribution in [-0.2, 0) is 0 Å². The molecular weight excluding hydrogens is 491 g/mol. The number of anilines is 3.